The van der Waals surface area contributed by atoms with Crippen LogP contribution in [0.2, 0.25) is 5.02 Å². The van der Waals surface area contributed by atoms with E-state index in [2.05, 4.69) is 4.98 Å². The molecule has 5 nitrogen and oxygen atoms in total. The third kappa shape index (κ3) is 5.35. The second-order valence-corrected chi connectivity index (χ2v) is 8.02. The van der Waals surface area contributed by atoms with Crippen LogP contribution in [0.15, 0.2) is 48.7 Å². The summed E-state index contributed by atoms with van der Waals surface area (Å²) < 4.78 is 5.60. The molecule has 2 aromatic carbocycles. The number of hydrogen-bond acceptors (Lipinski definition) is 3. The number of ether oxygens (including phenoxy) is 1. The standard InChI is InChI=1S/C24H29ClN2O3/c1-4-21(29)15-30-22-8-5-18(6-9-22)16(2)27(17(3)28)12-11-19-14-26-24-10-7-20(25)13-23(19)24/h5-10,13-14,16,21,26,29H,4,11-12,15H2,1-3H3. The van der Waals surface area contributed by atoms with Gasteiger partial charge >= 0.3 is 0 Å². The Morgan fingerprint density at radius 1 is 1.23 bits per heavy atom. The fourth-order valence-electron chi connectivity index (χ4n) is 3.55. The predicted molar refractivity (Wildman–Crippen MR) is 121 cm³/mol. The fourth-order valence-corrected chi connectivity index (χ4v) is 3.73. The number of nitrogens with one attached hydrogen (secondary N) is 1. The number of hydrogen-bond donors (Lipinski definition) is 2. The van der Waals surface area contributed by atoms with Gasteiger partial charge in [0.15, 0.2) is 0 Å². The van der Waals surface area contributed by atoms with Gasteiger partial charge in [-0.05, 0) is 61.2 Å². The Bertz CT molecular complexity index is 984. The van der Waals surface area contributed by atoms with E-state index in [-0.39, 0.29) is 18.6 Å². The third-order valence-electron chi connectivity index (χ3n) is 5.50. The van der Waals surface area contributed by atoms with Gasteiger partial charge in [0.1, 0.15) is 12.4 Å². The molecule has 0 radical (unpaired) electrons. The predicted octanol–water partition coefficient (Wildman–Crippen LogP) is 5.12. The van der Waals surface area contributed by atoms with Crippen molar-refractivity contribution in [1.29, 1.82) is 0 Å². The van der Waals surface area contributed by atoms with Crippen LogP contribution < -0.4 is 4.74 Å². The summed E-state index contributed by atoms with van der Waals surface area (Å²) in [7, 11) is 0. The normalized spacial score (nSPS) is 13.2. The minimum absolute atomic E-state index is 0.0340. The van der Waals surface area contributed by atoms with E-state index >= 15 is 0 Å². The van der Waals surface area contributed by atoms with E-state index in [9.17, 15) is 9.90 Å². The monoisotopic (exact) mass is 428 g/mol. The van der Waals surface area contributed by atoms with Gasteiger partial charge in [0.05, 0.1) is 12.1 Å². The topological polar surface area (TPSA) is 65.6 Å². The largest absolute Gasteiger partial charge is 0.491 e. The number of aromatic nitrogens is 1. The van der Waals surface area contributed by atoms with E-state index < -0.39 is 6.10 Å². The molecule has 3 aromatic rings. The van der Waals surface area contributed by atoms with E-state index in [0.29, 0.717) is 23.7 Å². The summed E-state index contributed by atoms with van der Waals surface area (Å²) in [6.45, 7) is 6.44. The number of aliphatic hydroxyl groups is 1. The van der Waals surface area contributed by atoms with Crippen LogP contribution in [0.5, 0.6) is 5.75 Å². The second kappa shape index (κ2) is 10.0. The maximum atomic E-state index is 12.4. The average molecular weight is 429 g/mol. The minimum atomic E-state index is -0.462. The third-order valence-corrected chi connectivity index (χ3v) is 5.73. The number of aromatic amines is 1. The molecule has 3 rings (SSSR count). The van der Waals surface area contributed by atoms with Gasteiger partial charge in [-0.3, -0.25) is 4.79 Å². The molecule has 6 heteroatoms. The lowest BCUT2D eigenvalue weighted by molar-refractivity contribution is -0.130. The number of H-pyrrole nitrogens is 1. The molecule has 2 atom stereocenters. The molecule has 0 saturated heterocycles. The van der Waals surface area contributed by atoms with Gasteiger partial charge in [0, 0.05) is 35.6 Å². The molecule has 0 fully saturated rings. The molecule has 0 bridgehead atoms. The van der Waals surface area contributed by atoms with E-state index in [0.717, 1.165) is 28.5 Å². The van der Waals surface area contributed by atoms with Gasteiger partial charge in [0.25, 0.3) is 0 Å². The zero-order valence-corrected chi connectivity index (χ0v) is 18.4. The van der Waals surface area contributed by atoms with Crippen LogP contribution in [0.25, 0.3) is 10.9 Å². The lowest BCUT2D eigenvalue weighted by Gasteiger charge is -2.29. The van der Waals surface area contributed by atoms with Crippen LogP contribution >= 0.6 is 11.6 Å². The molecule has 2 N–H and O–H groups in total. The van der Waals surface area contributed by atoms with E-state index in [1.807, 2.05) is 67.4 Å². The molecule has 1 amide bonds. The van der Waals surface area contributed by atoms with Gasteiger partial charge in [0.2, 0.25) is 5.91 Å². The van der Waals surface area contributed by atoms with Gasteiger partial charge in [-0.2, -0.15) is 0 Å². The average Bonchev–Trinajstić information content (AvgIpc) is 3.14. The zero-order chi connectivity index (χ0) is 21.7. The Morgan fingerprint density at radius 2 is 1.97 bits per heavy atom. The number of halogens is 1. The van der Waals surface area contributed by atoms with Crippen molar-refractivity contribution in [3.8, 4) is 5.75 Å². The van der Waals surface area contributed by atoms with Gasteiger partial charge < -0.3 is 19.7 Å². The summed E-state index contributed by atoms with van der Waals surface area (Å²) in [5, 5.41) is 11.4. The zero-order valence-electron chi connectivity index (χ0n) is 17.7. The highest BCUT2D eigenvalue weighted by molar-refractivity contribution is 6.31. The maximum Gasteiger partial charge on any atom is 0.219 e. The Morgan fingerprint density at radius 3 is 2.63 bits per heavy atom. The molecule has 0 aliphatic carbocycles. The number of aliphatic hydroxyl groups excluding tert-OH is 1. The van der Waals surface area contributed by atoms with E-state index in [4.69, 9.17) is 16.3 Å². The SMILES string of the molecule is CCC(O)COc1ccc(C(C)N(CCc2c[nH]c3ccc(Cl)cc23)C(C)=O)cc1. The Hall–Kier alpha value is -2.50. The number of fused-ring (bicyclic) bond motifs is 1. The maximum absolute atomic E-state index is 12.4. The van der Waals surface area contributed by atoms with Crippen LogP contribution in [0.3, 0.4) is 0 Å². The highest BCUT2D eigenvalue weighted by atomic mass is 35.5. The first-order valence-corrected chi connectivity index (χ1v) is 10.7. The minimum Gasteiger partial charge on any atom is -0.491 e. The van der Waals surface area contributed by atoms with Crippen LogP contribution in [-0.4, -0.2) is 40.2 Å². The fraction of sp³-hybridized carbons (Fsp3) is 0.375. The molecule has 30 heavy (non-hydrogen) atoms. The van der Waals surface area contributed by atoms with Crippen molar-refractivity contribution in [2.75, 3.05) is 13.2 Å². The molecule has 0 aliphatic rings. The van der Waals surface area contributed by atoms with Gasteiger partial charge in [-0.25, -0.2) is 0 Å². The van der Waals surface area contributed by atoms with Gasteiger partial charge in [-0.15, -0.1) is 0 Å². The summed E-state index contributed by atoms with van der Waals surface area (Å²) in [6, 6.07) is 13.4. The number of carbonyl (C=O) groups excluding carboxylic acids is 1. The summed E-state index contributed by atoms with van der Waals surface area (Å²) >= 11 is 6.15. The van der Waals surface area contributed by atoms with Crippen molar-refractivity contribution in [3.05, 3.63) is 64.8 Å². The highest BCUT2D eigenvalue weighted by Gasteiger charge is 2.19. The first-order valence-electron chi connectivity index (χ1n) is 10.3. The Kier molecular flexibility index (Phi) is 7.40. The molecule has 1 aromatic heterocycles. The van der Waals surface area contributed by atoms with Crippen LogP contribution in [0, 0.1) is 0 Å². The van der Waals surface area contributed by atoms with Crippen molar-refractivity contribution in [2.45, 2.75) is 45.8 Å². The van der Waals surface area contributed by atoms with Gasteiger partial charge in [-0.1, -0.05) is 30.7 Å². The number of rotatable bonds is 9. The summed E-state index contributed by atoms with van der Waals surface area (Å²) in [4.78, 5) is 17.5. The lowest BCUT2D eigenvalue weighted by Crippen LogP contribution is -2.33. The molecule has 160 valence electrons. The van der Waals surface area contributed by atoms with E-state index in [1.165, 1.54) is 0 Å². The van der Waals surface area contributed by atoms with Crippen molar-refractivity contribution in [2.24, 2.45) is 0 Å². The number of benzene rings is 2. The summed E-state index contributed by atoms with van der Waals surface area (Å²) in [6.07, 6.45) is 2.92. The van der Waals surface area contributed by atoms with Crippen LogP contribution in [0.1, 0.15) is 44.4 Å². The quantitative estimate of drug-likeness (QED) is 0.497. The van der Waals surface area contributed by atoms with Crippen LogP contribution in [0.4, 0.5) is 0 Å². The van der Waals surface area contributed by atoms with Crippen LogP contribution in [-0.2, 0) is 11.2 Å². The highest BCUT2D eigenvalue weighted by Crippen LogP contribution is 2.26. The molecule has 1 heterocycles. The molecule has 0 spiro atoms. The first kappa shape index (κ1) is 22.2. The van der Waals surface area contributed by atoms with E-state index in [1.54, 1.807) is 6.92 Å². The second-order valence-electron chi connectivity index (χ2n) is 7.58. The molecular formula is C24H29ClN2O3. The molecule has 0 aliphatic heterocycles. The van der Waals surface area contributed by atoms with Crippen molar-refractivity contribution < 1.29 is 14.6 Å². The lowest BCUT2D eigenvalue weighted by atomic mass is 10.0. The first-order chi connectivity index (χ1) is 14.4. The Labute approximate surface area is 182 Å². The summed E-state index contributed by atoms with van der Waals surface area (Å²) in [5.74, 6) is 0.746. The van der Waals surface area contributed by atoms with Crippen molar-refractivity contribution in [1.82, 2.24) is 9.88 Å². The number of carbonyl (C=O) groups is 1. The summed E-state index contributed by atoms with van der Waals surface area (Å²) in [5.41, 5.74) is 3.22. The number of amides is 1. The molecular weight excluding hydrogens is 400 g/mol. The Balaban J connectivity index is 1.68. The molecule has 0 saturated carbocycles. The molecule has 2 unspecified atom stereocenters. The van der Waals surface area contributed by atoms with Crippen molar-refractivity contribution >= 4 is 28.4 Å². The number of nitrogens with zero attached hydrogens (tertiary/aromatic N) is 1. The van der Waals surface area contributed by atoms with Crippen molar-refractivity contribution in [3.63, 3.8) is 0 Å². The smallest absolute Gasteiger partial charge is 0.219 e.